The Bertz CT molecular complexity index is 1310. The van der Waals surface area contributed by atoms with Crippen LogP contribution in [-0.2, 0) is 16.1 Å². The molecule has 2 aromatic heterocycles. The molecular formula is C24H20BrN3O4. The van der Waals surface area contributed by atoms with E-state index >= 15 is 0 Å². The minimum Gasteiger partial charge on any atom is -0.469 e. The number of furan rings is 1. The van der Waals surface area contributed by atoms with E-state index in [1.165, 1.54) is 17.0 Å². The van der Waals surface area contributed by atoms with E-state index in [0.29, 0.717) is 22.5 Å². The molecule has 162 valence electrons. The number of carbonyl (C=O) groups excluding carboxylic acids is 1. The van der Waals surface area contributed by atoms with Crippen LogP contribution < -0.4 is 5.56 Å². The lowest BCUT2D eigenvalue weighted by atomic mass is 10.1. The number of oxime groups is 1. The van der Waals surface area contributed by atoms with E-state index in [0.717, 1.165) is 10.0 Å². The fourth-order valence-corrected chi connectivity index (χ4v) is 3.70. The summed E-state index contributed by atoms with van der Waals surface area (Å²) in [6.45, 7) is 1.42. The van der Waals surface area contributed by atoms with Crippen molar-refractivity contribution in [1.29, 1.82) is 0 Å². The summed E-state index contributed by atoms with van der Waals surface area (Å²) in [5, 5.41) is 4.34. The van der Waals surface area contributed by atoms with Crippen molar-refractivity contribution in [2.24, 2.45) is 5.16 Å². The predicted octanol–water partition coefficient (Wildman–Crippen LogP) is 4.46. The molecule has 0 spiro atoms. The average molecular weight is 494 g/mol. The van der Waals surface area contributed by atoms with Crippen molar-refractivity contribution in [3.63, 3.8) is 0 Å². The molecule has 2 aromatic carbocycles. The van der Waals surface area contributed by atoms with Crippen molar-refractivity contribution in [2.45, 2.75) is 19.4 Å². The SMILES string of the molecule is Cc1nc2ccccc2c(=O)n1C(Cc1ccco1)C(=O)CON=Cc1ccc(Br)cc1. The third-order valence-electron chi connectivity index (χ3n) is 5.00. The Balaban J connectivity index is 1.59. The van der Waals surface area contributed by atoms with Gasteiger partial charge >= 0.3 is 0 Å². The first kappa shape index (κ1) is 21.7. The van der Waals surface area contributed by atoms with Gasteiger partial charge in [0.05, 0.1) is 23.4 Å². The zero-order chi connectivity index (χ0) is 22.5. The van der Waals surface area contributed by atoms with Crippen LogP contribution in [0.15, 0.2) is 85.8 Å². The molecule has 0 bridgehead atoms. The van der Waals surface area contributed by atoms with Crippen molar-refractivity contribution in [1.82, 2.24) is 9.55 Å². The molecule has 7 nitrogen and oxygen atoms in total. The molecule has 8 heteroatoms. The molecule has 0 aliphatic carbocycles. The number of Topliss-reactive ketones (excluding diaryl/α,β-unsaturated/α-hetero) is 1. The van der Waals surface area contributed by atoms with Crippen LogP contribution >= 0.6 is 15.9 Å². The van der Waals surface area contributed by atoms with Gasteiger partial charge in [-0.3, -0.25) is 14.2 Å². The number of carbonyl (C=O) groups is 1. The molecule has 0 fully saturated rings. The molecule has 1 atom stereocenters. The number of hydrogen-bond donors (Lipinski definition) is 0. The molecule has 0 N–H and O–H groups in total. The Morgan fingerprint density at radius 3 is 2.72 bits per heavy atom. The van der Waals surface area contributed by atoms with Gasteiger partial charge in [0.2, 0.25) is 0 Å². The minimum atomic E-state index is -0.839. The first-order chi connectivity index (χ1) is 15.5. The number of ketones is 1. The largest absolute Gasteiger partial charge is 0.469 e. The van der Waals surface area contributed by atoms with Crippen molar-refractivity contribution in [3.05, 3.63) is 98.9 Å². The minimum absolute atomic E-state index is 0.201. The zero-order valence-corrected chi connectivity index (χ0v) is 18.9. The fraction of sp³-hybridized carbons (Fsp3) is 0.167. The van der Waals surface area contributed by atoms with E-state index in [1.807, 2.05) is 30.3 Å². The monoisotopic (exact) mass is 493 g/mol. The number of hydrogen-bond acceptors (Lipinski definition) is 6. The first-order valence-corrected chi connectivity index (χ1v) is 10.8. The van der Waals surface area contributed by atoms with Gasteiger partial charge < -0.3 is 9.25 Å². The average Bonchev–Trinajstić information content (AvgIpc) is 3.30. The van der Waals surface area contributed by atoms with E-state index in [2.05, 4.69) is 26.1 Å². The van der Waals surface area contributed by atoms with Gasteiger partial charge in [-0.25, -0.2) is 4.98 Å². The second kappa shape index (κ2) is 9.74. The predicted molar refractivity (Wildman–Crippen MR) is 125 cm³/mol. The first-order valence-electron chi connectivity index (χ1n) is 9.97. The Kier molecular flexibility index (Phi) is 6.61. The number of halogens is 1. The van der Waals surface area contributed by atoms with Gasteiger partial charge in [0, 0.05) is 10.9 Å². The lowest BCUT2D eigenvalue weighted by Crippen LogP contribution is -2.35. The summed E-state index contributed by atoms with van der Waals surface area (Å²) in [6, 6.07) is 17.2. The molecule has 0 aliphatic rings. The van der Waals surface area contributed by atoms with Crippen LogP contribution in [0.2, 0.25) is 0 Å². The van der Waals surface area contributed by atoms with E-state index in [1.54, 1.807) is 37.3 Å². The third-order valence-corrected chi connectivity index (χ3v) is 5.52. The topological polar surface area (TPSA) is 86.7 Å². The van der Waals surface area contributed by atoms with Crippen molar-refractivity contribution in [3.8, 4) is 0 Å². The molecule has 4 rings (SSSR count). The number of para-hydroxylation sites is 1. The van der Waals surface area contributed by atoms with E-state index in [-0.39, 0.29) is 24.4 Å². The smallest absolute Gasteiger partial charge is 0.262 e. The van der Waals surface area contributed by atoms with Gasteiger partial charge in [-0.1, -0.05) is 45.4 Å². The van der Waals surface area contributed by atoms with Crippen LogP contribution in [-0.4, -0.2) is 28.2 Å². The van der Waals surface area contributed by atoms with Crippen LogP contribution in [0.4, 0.5) is 0 Å². The number of aromatic nitrogens is 2. The van der Waals surface area contributed by atoms with Crippen LogP contribution in [0.5, 0.6) is 0 Å². The Hall–Kier alpha value is -3.52. The second-order valence-corrected chi connectivity index (χ2v) is 8.09. The summed E-state index contributed by atoms with van der Waals surface area (Å²) in [5.41, 5.74) is 1.14. The molecular weight excluding hydrogens is 474 g/mol. The zero-order valence-electron chi connectivity index (χ0n) is 17.3. The molecule has 0 saturated carbocycles. The molecule has 32 heavy (non-hydrogen) atoms. The summed E-state index contributed by atoms with van der Waals surface area (Å²) < 4.78 is 7.80. The normalized spacial score (nSPS) is 12.3. The van der Waals surface area contributed by atoms with Crippen molar-refractivity contribution in [2.75, 3.05) is 6.61 Å². The standard InChI is InChI=1S/C24H20BrN3O4/c1-16-27-21-7-3-2-6-20(21)24(30)28(16)22(13-19-5-4-12-31-19)23(29)15-32-26-14-17-8-10-18(25)11-9-17/h2-12,14,22H,13,15H2,1H3. The van der Waals surface area contributed by atoms with Gasteiger partial charge in [-0.15, -0.1) is 0 Å². The van der Waals surface area contributed by atoms with Gasteiger partial charge in [0.1, 0.15) is 17.6 Å². The maximum Gasteiger partial charge on any atom is 0.262 e. The van der Waals surface area contributed by atoms with Gasteiger partial charge in [0.15, 0.2) is 12.4 Å². The van der Waals surface area contributed by atoms with Crippen LogP contribution in [0, 0.1) is 6.92 Å². The molecule has 0 saturated heterocycles. The Morgan fingerprint density at radius 2 is 1.97 bits per heavy atom. The summed E-state index contributed by atoms with van der Waals surface area (Å²) in [4.78, 5) is 36.1. The lowest BCUT2D eigenvalue weighted by molar-refractivity contribution is -0.127. The van der Waals surface area contributed by atoms with Gasteiger partial charge in [0.25, 0.3) is 5.56 Å². The molecule has 1 unspecified atom stereocenters. The van der Waals surface area contributed by atoms with Crippen molar-refractivity contribution >= 4 is 38.8 Å². The fourth-order valence-electron chi connectivity index (χ4n) is 3.44. The lowest BCUT2D eigenvalue weighted by Gasteiger charge is -2.20. The number of aryl methyl sites for hydroxylation is 1. The van der Waals surface area contributed by atoms with Crippen LogP contribution in [0.3, 0.4) is 0 Å². The summed E-state index contributed by atoms with van der Waals surface area (Å²) in [5.74, 6) is 0.717. The van der Waals surface area contributed by atoms with Crippen molar-refractivity contribution < 1.29 is 14.0 Å². The summed E-state index contributed by atoms with van der Waals surface area (Å²) in [7, 11) is 0. The van der Waals surface area contributed by atoms with Gasteiger partial charge in [-0.2, -0.15) is 0 Å². The maximum absolute atomic E-state index is 13.2. The van der Waals surface area contributed by atoms with Crippen LogP contribution in [0.1, 0.15) is 23.2 Å². The van der Waals surface area contributed by atoms with E-state index < -0.39 is 6.04 Å². The highest BCUT2D eigenvalue weighted by molar-refractivity contribution is 9.10. The molecule has 4 aromatic rings. The van der Waals surface area contributed by atoms with Crippen LogP contribution in [0.25, 0.3) is 10.9 Å². The summed E-state index contributed by atoms with van der Waals surface area (Å²) in [6.07, 6.45) is 3.26. The third kappa shape index (κ3) is 4.86. The van der Waals surface area contributed by atoms with E-state index in [9.17, 15) is 9.59 Å². The Morgan fingerprint density at radius 1 is 1.19 bits per heavy atom. The highest BCUT2D eigenvalue weighted by Crippen LogP contribution is 2.18. The highest BCUT2D eigenvalue weighted by atomic mass is 79.9. The van der Waals surface area contributed by atoms with Gasteiger partial charge in [-0.05, 0) is 48.9 Å². The number of benzene rings is 2. The highest BCUT2D eigenvalue weighted by Gasteiger charge is 2.26. The number of nitrogens with zero attached hydrogens (tertiary/aromatic N) is 3. The molecule has 0 radical (unpaired) electrons. The maximum atomic E-state index is 13.2. The summed E-state index contributed by atoms with van der Waals surface area (Å²) >= 11 is 3.37. The number of rotatable bonds is 8. The molecule has 2 heterocycles. The quantitative estimate of drug-likeness (QED) is 0.267. The Labute approximate surface area is 192 Å². The number of fused-ring (bicyclic) bond motifs is 1. The molecule has 0 aliphatic heterocycles. The van der Waals surface area contributed by atoms with E-state index in [4.69, 9.17) is 9.25 Å². The molecule has 0 amide bonds. The second-order valence-electron chi connectivity index (χ2n) is 7.18.